The highest BCUT2D eigenvalue weighted by Gasteiger charge is 2.17. The molecule has 4 rings (SSSR count). The monoisotopic (exact) mass is 369 g/mol. The largest absolute Gasteiger partial charge is 0.325 e. The number of pyridine rings is 1. The van der Waals surface area contributed by atoms with Crippen molar-refractivity contribution >= 4 is 5.52 Å². The summed E-state index contributed by atoms with van der Waals surface area (Å²) in [7, 11) is 4.67. The van der Waals surface area contributed by atoms with Gasteiger partial charge in [-0.05, 0) is 29.7 Å². The molecule has 0 amide bonds. The van der Waals surface area contributed by atoms with Crippen LogP contribution in [0.1, 0.15) is 17.5 Å². The quantitative estimate of drug-likeness (QED) is 0.362. The number of hydrogen-bond donors (Lipinski definition) is 0. The SMILES string of the molecule is C[N+](C)(CCCc1c(-c2ccccc2)cn2ccccc12)Cc1ccccc1. The summed E-state index contributed by atoms with van der Waals surface area (Å²) in [6, 6.07) is 28.1. The van der Waals surface area contributed by atoms with Crippen molar-refractivity contribution in [1.29, 1.82) is 0 Å². The maximum absolute atomic E-state index is 2.34. The minimum atomic E-state index is 1.01. The van der Waals surface area contributed by atoms with E-state index < -0.39 is 0 Å². The van der Waals surface area contributed by atoms with E-state index in [4.69, 9.17) is 0 Å². The fourth-order valence-corrected chi connectivity index (χ4v) is 4.15. The van der Waals surface area contributed by atoms with Crippen molar-refractivity contribution < 1.29 is 4.48 Å². The summed E-state index contributed by atoms with van der Waals surface area (Å²) in [5.41, 5.74) is 6.87. The van der Waals surface area contributed by atoms with Crippen molar-refractivity contribution in [3.05, 3.63) is 102 Å². The lowest BCUT2D eigenvalue weighted by molar-refractivity contribution is -0.903. The maximum Gasteiger partial charge on any atom is 0.104 e. The molecule has 2 aromatic carbocycles. The Labute approximate surface area is 168 Å². The zero-order valence-electron chi connectivity index (χ0n) is 16.9. The second-order valence-corrected chi connectivity index (χ2v) is 8.29. The van der Waals surface area contributed by atoms with Gasteiger partial charge in [-0.1, -0.05) is 66.7 Å². The van der Waals surface area contributed by atoms with Gasteiger partial charge in [0.05, 0.1) is 20.6 Å². The molecule has 0 unspecified atom stereocenters. The van der Waals surface area contributed by atoms with Gasteiger partial charge < -0.3 is 8.88 Å². The van der Waals surface area contributed by atoms with Crippen LogP contribution in [-0.2, 0) is 13.0 Å². The molecule has 0 aliphatic rings. The van der Waals surface area contributed by atoms with Crippen molar-refractivity contribution in [3.8, 4) is 11.1 Å². The first kappa shape index (κ1) is 18.5. The van der Waals surface area contributed by atoms with E-state index in [2.05, 4.69) is 110 Å². The van der Waals surface area contributed by atoms with Crippen molar-refractivity contribution in [2.75, 3.05) is 20.6 Å². The Balaban J connectivity index is 1.53. The molecule has 0 fully saturated rings. The maximum atomic E-state index is 2.34. The molecular formula is C26H29N2+. The van der Waals surface area contributed by atoms with Gasteiger partial charge in [-0.15, -0.1) is 0 Å². The van der Waals surface area contributed by atoms with Crippen LogP contribution in [0.3, 0.4) is 0 Å². The van der Waals surface area contributed by atoms with E-state index in [9.17, 15) is 0 Å². The van der Waals surface area contributed by atoms with Crippen LogP contribution in [0.2, 0.25) is 0 Å². The summed E-state index contributed by atoms with van der Waals surface area (Å²) in [5, 5.41) is 0. The van der Waals surface area contributed by atoms with Gasteiger partial charge in [-0.3, -0.25) is 0 Å². The molecular weight excluding hydrogens is 340 g/mol. The zero-order chi connectivity index (χ0) is 19.4. The summed E-state index contributed by atoms with van der Waals surface area (Å²) >= 11 is 0. The number of aromatic nitrogens is 1. The fraction of sp³-hybridized carbons (Fsp3) is 0.231. The molecule has 2 nitrogen and oxygen atoms in total. The first-order chi connectivity index (χ1) is 13.6. The van der Waals surface area contributed by atoms with Gasteiger partial charge in [0.1, 0.15) is 6.54 Å². The Kier molecular flexibility index (Phi) is 5.31. The Morgan fingerprint density at radius 2 is 1.46 bits per heavy atom. The molecule has 0 saturated carbocycles. The van der Waals surface area contributed by atoms with Gasteiger partial charge in [0.25, 0.3) is 0 Å². The first-order valence-corrected chi connectivity index (χ1v) is 10.1. The number of aryl methyl sites for hydroxylation is 1. The summed E-state index contributed by atoms with van der Waals surface area (Å²) in [6.07, 6.45) is 6.71. The molecule has 4 aromatic rings. The van der Waals surface area contributed by atoms with Gasteiger partial charge in [0, 0.05) is 35.5 Å². The van der Waals surface area contributed by atoms with Crippen LogP contribution in [-0.4, -0.2) is 29.5 Å². The molecule has 2 heteroatoms. The highest BCUT2D eigenvalue weighted by atomic mass is 15.3. The Morgan fingerprint density at radius 1 is 0.786 bits per heavy atom. The summed E-state index contributed by atoms with van der Waals surface area (Å²) < 4.78 is 3.28. The van der Waals surface area contributed by atoms with Crippen molar-refractivity contribution in [3.63, 3.8) is 0 Å². The molecule has 0 radical (unpaired) electrons. The van der Waals surface area contributed by atoms with Crippen LogP contribution in [0.25, 0.3) is 16.6 Å². The Morgan fingerprint density at radius 3 is 2.21 bits per heavy atom. The number of fused-ring (bicyclic) bond motifs is 1. The van der Waals surface area contributed by atoms with Crippen LogP contribution < -0.4 is 0 Å². The fourth-order valence-electron chi connectivity index (χ4n) is 4.15. The smallest absolute Gasteiger partial charge is 0.104 e. The molecule has 2 aromatic heterocycles. The molecule has 142 valence electrons. The second kappa shape index (κ2) is 8.04. The highest BCUT2D eigenvalue weighted by molar-refractivity contribution is 5.76. The number of rotatable bonds is 7. The molecule has 0 saturated heterocycles. The predicted octanol–water partition coefficient (Wildman–Crippen LogP) is 5.82. The third-order valence-electron chi connectivity index (χ3n) is 5.52. The first-order valence-electron chi connectivity index (χ1n) is 10.1. The van der Waals surface area contributed by atoms with Gasteiger partial charge in [0.15, 0.2) is 0 Å². The third kappa shape index (κ3) is 4.18. The lowest BCUT2D eigenvalue weighted by Crippen LogP contribution is -2.39. The topological polar surface area (TPSA) is 4.41 Å². The van der Waals surface area contributed by atoms with Crippen molar-refractivity contribution in [2.24, 2.45) is 0 Å². The van der Waals surface area contributed by atoms with E-state index in [0.717, 1.165) is 24.0 Å². The highest BCUT2D eigenvalue weighted by Crippen LogP contribution is 2.30. The molecule has 2 heterocycles. The number of nitrogens with zero attached hydrogens (tertiary/aromatic N) is 2. The van der Waals surface area contributed by atoms with Crippen LogP contribution >= 0.6 is 0 Å². The molecule has 0 aliphatic heterocycles. The Bertz CT molecular complexity index is 1030. The van der Waals surface area contributed by atoms with E-state index in [1.165, 1.54) is 34.2 Å². The average molecular weight is 370 g/mol. The predicted molar refractivity (Wildman–Crippen MR) is 118 cm³/mol. The minimum Gasteiger partial charge on any atom is -0.325 e. The normalized spacial score (nSPS) is 11.8. The van der Waals surface area contributed by atoms with E-state index in [-0.39, 0.29) is 0 Å². The molecule has 0 bridgehead atoms. The van der Waals surface area contributed by atoms with Crippen LogP contribution in [0, 0.1) is 0 Å². The van der Waals surface area contributed by atoms with Gasteiger partial charge in [-0.25, -0.2) is 0 Å². The van der Waals surface area contributed by atoms with Gasteiger partial charge in [-0.2, -0.15) is 0 Å². The number of hydrogen-bond acceptors (Lipinski definition) is 0. The number of benzene rings is 2. The van der Waals surface area contributed by atoms with Gasteiger partial charge in [0.2, 0.25) is 0 Å². The summed E-state index contributed by atoms with van der Waals surface area (Å²) in [4.78, 5) is 0. The summed E-state index contributed by atoms with van der Waals surface area (Å²) in [5.74, 6) is 0. The molecule has 0 aliphatic carbocycles. The third-order valence-corrected chi connectivity index (χ3v) is 5.52. The van der Waals surface area contributed by atoms with Crippen LogP contribution in [0.5, 0.6) is 0 Å². The molecule has 28 heavy (non-hydrogen) atoms. The lowest BCUT2D eigenvalue weighted by Gasteiger charge is -2.30. The van der Waals surface area contributed by atoms with E-state index in [1.807, 2.05) is 0 Å². The molecule has 0 N–H and O–H groups in total. The van der Waals surface area contributed by atoms with E-state index >= 15 is 0 Å². The zero-order valence-corrected chi connectivity index (χ0v) is 16.9. The molecule has 0 spiro atoms. The van der Waals surface area contributed by atoms with Crippen LogP contribution in [0.15, 0.2) is 91.3 Å². The lowest BCUT2D eigenvalue weighted by atomic mass is 10.00. The molecule has 0 atom stereocenters. The number of quaternary nitrogens is 1. The van der Waals surface area contributed by atoms with Crippen LogP contribution in [0.4, 0.5) is 0 Å². The van der Waals surface area contributed by atoms with E-state index in [0.29, 0.717) is 0 Å². The minimum absolute atomic E-state index is 1.01. The second-order valence-electron chi connectivity index (χ2n) is 8.29. The summed E-state index contributed by atoms with van der Waals surface area (Å²) in [6.45, 7) is 2.23. The van der Waals surface area contributed by atoms with Crippen molar-refractivity contribution in [2.45, 2.75) is 19.4 Å². The van der Waals surface area contributed by atoms with Crippen molar-refractivity contribution in [1.82, 2.24) is 4.40 Å². The Hall–Kier alpha value is -2.84. The standard InChI is InChI=1S/C26H29N2/c1-28(2,21-22-12-5-3-6-13-22)19-11-16-24-25(23-14-7-4-8-15-23)20-27-18-10-9-17-26(24)27/h3-10,12-15,17-18,20H,11,16,19,21H2,1-2H3/q+1. The van der Waals surface area contributed by atoms with Gasteiger partial charge >= 0.3 is 0 Å². The van der Waals surface area contributed by atoms with E-state index in [1.54, 1.807) is 0 Å². The average Bonchev–Trinajstić information content (AvgIpc) is 3.08.